The Morgan fingerprint density at radius 2 is 2.05 bits per heavy atom. The van der Waals surface area contributed by atoms with Crippen LogP contribution in [-0.2, 0) is 16.4 Å². The molecule has 1 fully saturated rings. The number of nitrogens with one attached hydrogen (secondary N) is 1. The van der Waals surface area contributed by atoms with Gasteiger partial charge in [0.1, 0.15) is 0 Å². The van der Waals surface area contributed by atoms with Gasteiger partial charge < -0.3 is 10.2 Å². The lowest BCUT2D eigenvalue weighted by atomic mass is 10.1. The van der Waals surface area contributed by atoms with Gasteiger partial charge in [0.2, 0.25) is 0 Å². The van der Waals surface area contributed by atoms with E-state index in [-0.39, 0.29) is 11.5 Å². The lowest BCUT2D eigenvalue weighted by Gasteiger charge is -2.26. The van der Waals surface area contributed by atoms with Gasteiger partial charge in [-0.25, -0.2) is 8.42 Å². The molecule has 1 N–H and O–H groups in total. The van der Waals surface area contributed by atoms with E-state index in [1.807, 2.05) is 18.2 Å². The molecule has 0 unspecified atom stereocenters. The van der Waals surface area contributed by atoms with Crippen molar-refractivity contribution < 1.29 is 8.42 Å². The number of hydrogen-bond acceptors (Lipinski definition) is 4. The van der Waals surface area contributed by atoms with Crippen molar-refractivity contribution >= 4 is 27.1 Å². The predicted octanol–water partition coefficient (Wildman–Crippen LogP) is 2.46. The third kappa shape index (κ3) is 4.87. The third-order valence-corrected chi connectivity index (χ3v) is 5.59. The Morgan fingerprint density at radius 3 is 2.76 bits per heavy atom. The number of sulfone groups is 1. The molecule has 4 nitrogen and oxygen atoms in total. The van der Waals surface area contributed by atoms with E-state index in [1.165, 1.54) is 0 Å². The first kappa shape index (κ1) is 16.6. The molecular formula is C15H23ClN2O2S. The molecule has 0 aliphatic carbocycles. The van der Waals surface area contributed by atoms with E-state index in [0.29, 0.717) is 24.0 Å². The SMILES string of the molecule is CC(C)NCc1ccc(Cl)cc1N1CCCS(=O)(=O)CC1. The molecule has 0 radical (unpaired) electrons. The fourth-order valence-electron chi connectivity index (χ4n) is 2.47. The van der Waals surface area contributed by atoms with Gasteiger partial charge in [0.25, 0.3) is 0 Å². The van der Waals surface area contributed by atoms with Gasteiger partial charge in [-0.15, -0.1) is 0 Å². The highest BCUT2D eigenvalue weighted by atomic mass is 35.5. The molecule has 6 heteroatoms. The molecule has 1 aromatic rings. The number of nitrogens with zero attached hydrogens (tertiary/aromatic N) is 1. The summed E-state index contributed by atoms with van der Waals surface area (Å²) >= 11 is 6.13. The summed E-state index contributed by atoms with van der Waals surface area (Å²) in [6.07, 6.45) is 0.673. The second kappa shape index (κ2) is 6.99. The molecule has 1 aromatic carbocycles. The van der Waals surface area contributed by atoms with Crippen LogP contribution in [0.2, 0.25) is 5.02 Å². The highest BCUT2D eigenvalue weighted by Gasteiger charge is 2.21. The summed E-state index contributed by atoms with van der Waals surface area (Å²) in [6.45, 7) is 6.27. The maximum Gasteiger partial charge on any atom is 0.152 e. The zero-order valence-electron chi connectivity index (χ0n) is 12.6. The minimum Gasteiger partial charge on any atom is -0.370 e. The lowest BCUT2D eigenvalue weighted by Crippen LogP contribution is -2.29. The van der Waals surface area contributed by atoms with Crippen molar-refractivity contribution in [3.63, 3.8) is 0 Å². The molecule has 0 saturated carbocycles. The van der Waals surface area contributed by atoms with Crippen LogP contribution in [0.25, 0.3) is 0 Å². The fourth-order valence-corrected chi connectivity index (χ4v) is 3.91. The first-order chi connectivity index (χ1) is 9.87. The molecule has 2 rings (SSSR count). The topological polar surface area (TPSA) is 49.4 Å². The predicted molar refractivity (Wildman–Crippen MR) is 88.9 cm³/mol. The lowest BCUT2D eigenvalue weighted by molar-refractivity contribution is 0.588. The molecule has 1 aliphatic heterocycles. The van der Waals surface area contributed by atoms with Crippen molar-refractivity contribution in [1.82, 2.24) is 5.32 Å². The average molecular weight is 331 g/mol. The average Bonchev–Trinajstić information content (AvgIpc) is 2.58. The summed E-state index contributed by atoms with van der Waals surface area (Å²) in [5, 5.41) is 4.09. The molecule has 0 aromatic heterocycles. The van der Waals surface area contributed by atoms with Crippen molar-refractivity contribution in [1.29, 1.82) is 0 Å². The quantitative estimate of drug-likeness (QED) is 0.921. The van der Waals surface area contributed by atoms with Crippen LogP contribution >= 0.6 is 11.6 Å². The summed E-state index contributed by atoms with van der Waals surface area (Å²) in [6, 6.07) is 6.25. The molecule has 0 amide bonds. The zero-order valence-corrected chi connectivity index (χ0v) is 14.2. The number of benzene rings is 1. The van der Waals surface area contributed by atoms with E-state index < -0.39 is 9.84 Å². The smallest absolute Gasteiger partial charge is 0.152 e. The van der Waals surface area contributed by atoms with Crippen LogP contribution in [0.4, 0.5) is 5.69 Å². The normalized spacial score (nSPS) is 18.8. The van der Waals surface area contributed by atoms with Gasteiger partial charge in [-0.05, 0) is 24.1 Å². The van der Waals surface area contributed by atoms with Crippen LogP contribution in [0.3, 0.4) is 0 Å². The number of halogens is 1. The van der Waals surface area contributed by atoms with Gasteiger partial charge in [-0.1, -0.05) is 31.5 Å². The summed E-state index contributed by atoms with van der Waals surface area (Å²) in [5.74, 6) is 0.500. The van der Waals surface area contributed by atoms with Gasteiger partial charge in [-0.3, -0.25) is 0 Å². The maximum atomic E-state index is 11.7. The Kier molecular flexibility index (Phi) is 5.52. The van der Waals surface area contributed by atoms with E-state index >= 15 is 0 Å². The molecule has 1 aliphatic rings. The molecule has 21 heavy (non-hydrogen) atoms. The summed E-state index contributed by atoms with van der Waals surface area (Å²) in [5.41, 5.74) is 2.21. The minimum atomic E-state index is -2.90. The van der Waals surface area contributed by atoms with Crippen molar-refractivity contribution in [3.05, 3.63) is 28.8 Å². The van der Waals surface area contributed by atoms with E-state index in [2.05, 4.69) is 24.1 Å². The van der Waals surface area contributed by atoms with Crippen molar-refractivity contribution in [2.75, 3.05) is 29.5 Å². The molecule has 118 valence electrons. The summed E-state index contributed by atoms with van der Waals surface area (Å²) < 4.78 is 23.5. The first-order valence-corrected chi connectivity index (χ1v) is 9.54. The highest BCUT2D eigenvalue weighted by Crippen LogP contribution is 2.26. The monoisotopic (exact) mass is 330 g/mol. The molecule has 1 heterocycles. The summed E-state index contributed by atoms with van der Waals surface area (Å²) in [7, 11) is -2.90. The van der Waals surface area contributed by atoms with E-state index in [9.17, 15) is 8.42 Å². The Hall–Kier alpha value is -0.780. The van der Waals surface area contributed by atoms with Crippen molar-refractivity contribution in [3.8, 4) is 0 Å². The van der Waals surface area contributed by atoms with Gasteiger partial charge in [0.05, 0.1) is 11.5 Å². The molecule has 0 atom stereocenters. The van der Waals surface area contributed by atoms with Crippen LogP contribution in [-0.4, -0.2) is 39.1 Å². The van der Waals surface area contributed by atoms with Crippen molar-refractivity contribution in [2.45, 2.75) is 32.9 Å². The summed E-state index contributed by atoms with van der Waals surface area (Å²) in [4.78, 5) is 2.15. The Morgan fingerprint density at radius 1 is 1.29 bits per heavy atom. The first-order valence-electron chi connectivity index (χ1n) is 7.34. The maximum absolute atomic E-state index is 11.7. The van der Waals surface area contributed by atoms with Gasteiger partial charge in [-0.2, -0.15) is 0 Å². The second-order valence-electron chi connectivity index (χ2n) is 5.80. The van der Waals surface area contributed by atoms with E-state index in [0.717, 1.165) is 24.3 Å². The van der Waals surface area contributed by atoms with E-state index in [4.69, 9.17) is 11.6 Å². The fraction of sp³-hybridized carbons (Fsp3) is 0.600. The molecule has 1 saturated heterocycles. The van der Waals surface area contributed by atoms with Crippen LogP contribution in [0.15, 0.2) is 18.2 Å². The Balaban J connectivity index is 2.22. The van der Waals surface area contributed by atoms with Crippen LogP contribution in [0, 0.1) is 0 Å². The molecular weight excluding hydrogens is 308 g/mol. The number of rotatable bonds is 4. The number of hydrogen-bond donors (Lipinski definition) is 1. The second-order valence-corrected chi connectivity index (χ2v) is 8.54. The van der Waals surface area contributed by atoms with E-state index in [1.54, 1.807) is 0 Å². The number of anilines is 1. The zero-order chi connectivity index (χ0) is 15.5. The van der Waals surface area contributed by atoms with Crippen LogP contribution in [0.1, 0.15) is 25.8 Å². The highest BCUT2D eigenvalue weighted by molar-refractivity contribution is 7.91. The third-order valence-electron chi connectivity index (χ3n) is 3.64. The molecule has 0 spiro atoms. The largest absolute Gasteiger partial charge is 0.370 e. The minimum absolute atomic E-state index is 0.219. The van der Waals surface area contributed by atoms with Crippen molar-refractivity contribution in [2.24, 2.45) is 0 Å². The van der Waals surface area contributed by atoms with Gasteiger partial charge in [0.15, 0.2) is 9.84 Å². The Bertz CT molecular complexity index is 587. The van der Waals surface area contributed by atoms with Crippen LogP contribution < -0.4 is 10.2 Å². The standard InChI is InChI=1S/C15H23ClN2O2S/c1-12(2)17-11-13-4-5-14(16)10-15(13)18-6-3-8-21(19,20)9-7-18/h4-5,10,12,17H,3,6-9,11H2,1-2H3. The van der Waals surface area contributed by atoms with Gasteiger partial charge in [0, 0.05) is 36.4 Å². The van der Waals surface area contributed by atoms with Gasteiger partial charge >= 0.3 is 0 Å². The molecule has 0 bridgehead atoms. The Labute approximate surface area is 132 Å². The van der Waals surface area contributed by atoms with Crippen LogP contribution in [0.5, 0.6) is 0 Å².